The maximum absolute atomic E-state index is 14.0. The number of methoxy groups -OCH3 is 1. The summed E-state index contributed by atoms with van der Waals surface area (Å²) in [5, 5.41) is 5.00. The number of alkyl halides is 3. The summed E-state index contributed by atoms with van der Waals surface area (Å²) in [6, 6.07) is 15.9. The van der Waals surface area contributed by atoms with E-state index < -0.39 is 35.4 Å². The number of pyridine rings is 1. The molecule has 4 heterocycles. The molecule has 252 valence electrons. The number of piperazine rings is 1. The number of urea groups is 1. The monoisotopic (exact) mass is 667 g/mol. The van der Waals surface area contributed by atoms with Crippen molar-refractivity contribution in [3.63, 3.8) is 0 Å². The highest BCUT2D eigenvalue weighted by Crippen LogP contribution is 2.37. The van der Waals surface area contributed by atoms with Gasteiger partial charge in [0.1, 0.15) is 17.4 Å². The van der Waals surface area contributed by atoms with Crippen molar-refractivity contribution in [2.75, 3.05) is 66.8 Å². The maximum Gasteiger partial charge on any atom is 0.437 e. The van der Waals surface area contributed by atoms with Crippen molar-refractivity contribution < 1.29 is 36.3 Å². The zero-order chi connectivity index (χ0) is 33.8. The lowest BCUT2D eigenvalue weighted by Crippen LogP contribution is -2.50. The van der Waals surface area contributed by atoms with Crippen LogP contribution >= 0.6 is 0 Å². The van der Waals surface area contributed by atoms with Crippen molar-refractivity contribution in [3.05, 3.63) is 89.7 Å². The zero-order valence-corrected chi connectivity index (χ0v) is 26.0. The largest absolute Gasteiger partial charge is 0.497 e. The van der Waals surface area contributed by atoms with E-state index in [0.717, 1.165) is 12.0 Å². The highest BCUT2D eigenvalue weighted by atomic mass is 19.4. The number of amides is 3. The summed E-state index contributed by atoms with van der Waals surface area (Å²) >= 11 is 0. The van der Waals surface area contributed by atoms with E-state index in [1.54, 1.807) is 29.0 Å². The molecule has 48 heavy (non-hydrogen) atoms. The molecule has 2 N–H and O–H groups in total. The third kappa shape index (κ3) is 7.29. The molecule has 0 radical (unpaired) electrons. The molecule has 2 aliphatic heterocycles. The summed E-state index contributed by atoms with van der Waals surface area (Å²) < 4.78 is 66.8. The molecular weight excluding hydrogens is 634 g/mol. The molecule has 0 bridgehead atoms. The number of piperidine rings is 1. The van der Waals surface area contributed by atoms with Crippen LogP contribution in [-0.4, -0.2) is 73.2 Å². The number of para-hydroxylation sites is 1. The predicted molar refractivity (Wildman–Crippen MR) is 170 cm³/mol. The quantitative estimate of drug-likeness (QED) is 0.223. The van der Waals surface area contributed by atoms with E-state index in [1.807, 2.05) is 29.2 Å². The molecular formula is C33H33F4N7O4. The molecule has 11 nitrogen and oxygen atoms in total. The molecule has 2 aromatic carbocycles. The van der Waals surface area contributed by atoms with Gasteiger partial charge in [-0.2, -0.15) is 18.2 Å². The Kier molecular flexibility index (Phi) is 9.37. The van der Waals surface area contributed by atoms with Crippen LogP contribution in [0.1, 0.15) is 40.6 Å². The van der Waals surface area contributed by atoms with E-state index in [9.17, 15) is 27.2 Å². The number of nitrogens with one attached hydrogen (secondary N) is 2. The maximum atomic E-state index is 14.0. The second kappa shape index (κ2) is 13.8. The normalized spacial score (nSPS) is 16.9. The van der Waals surface area contributed by atoms with E-state index in [0.29, 0.717) is 57.3 Å². The summed E-state index contributed by atoms with van der Waals surface area (Å²) in [7, 11) is 1.57. The molecule has 2 saturated heterocycles. The van der Waals surface area contributed by atoms with Gasteiger partial charge >= 0.3 is 12.2 Å². The van der Waals surface area contributed by atoms with E-state index >= 15 is 0 Å². The second-order valence-electron chi connectivity index (χ2n) is 11.5. The van der Waals surface area contributed by atoms with Crippen LogP contribution in [0.15, 0.2) is 71.3 Å². The number of hydrogen-bond acceptors (Lipinski definition) is 8. The van der Waals surface area contributed by atoms with Gasteiger partial charge < -0.3 is 34.5 Å². The van der Waals surface area contributed by atoms with Crippen LogP contribution in [-0.2, 0) is 6.18 Å². The van der Waals surface area contributed by atoms with Crippen molar-refractivity contribution in [3.8, 4) is 5.75 Å². The standard InChI is InChI=1S/C33H33F4N7O4/c1-47-24-8-4-6-21(18-24)22-7-5-13-44(20-22)32-41-29(33(35,36)37)28(48-32)30(45)39-23-11-12-27(38-19-23)42-14-16-43(17-15-42)31(46)40-26-10-3-2-9-25(26)34/h2-4,6,8-12,18-19,22H,5,7,13-17,20H2,1H3,(H,39,45)(H,40,46). The summed E-state index contributed by atoms with van der Waals surface area (Å²) in [6.45, 7) is 2.37. The smallest absolute Gasteiger partial charge is 0.437 e. The van der Waals surface area contributed by atoms with Crippen molar-refractivity contribution in [1.82, 2.24) is 14.9 Å². The number of anilines is 4. The summed E-state index contributed by atoms with van der Waals surface area (Å²) in [5.74, 6) is -1.32. The number of hydrogen-bond donors (Lipinski definition) is 2. The van der Waals surface area contributed by atoms with Gasteiger partial charge in [0.2, 0.25) is 5.76 Å². The Bertz CT molecular complexity index is 1760. The van der Waals surface area contributed by atoms with Crippen LogP contribution in [0, 0.1) is 5.82 Å². The number of carbonyl (C=O) groups excluding carboxylic acids is 2. The fraction of sp³-hybridized carbons (Fsp3) is 0.333. The van der Waals surface area contributed by atoms with Crippen molar-refractivity contribution in [2.45, 2.75) is 24.9 Å². The third-order valence-corrected chi connectivity index (χ3v) is 8.36. The SMILES string of the molecule is COc1cccc(C2CCCN(c3nc(C(F)(F)F)c(C(=O)Nc4ccc(N5CCN(C(=O)Nc6ccccc6F)CC5)nc4)o3)C2)c1. The Labute approximate surface area is 273 Å². The lowest BCUT2D eigenvalue weighted by Gasteiger charge is -2.35. The number of nitrogens with zero attached hydrogens (tertiary/aromatic N) is 5. The minimum atomic E-state index is -4.92. The first-order valence-corrected chi connectivity index (χ1v) is 15.4. The fourth-order valence-corrected chi connectivity index (χ4v) is 5.84. The van der Waals surface area contributed by atoms with Gasteiger partial charge in [-0.3, -0.25) is 4.79 Å². The number of ether oxygens (including phenoxy) is 1. The summed E-state index contributed by atoms with van der Waals surface area (Å²) in [5.41, 5.74) is -0.158. The number of benzene rings is 2. The molecule has 2 fully saturated rings. The molecule has 0 aliphatic carbocycles. The van der Waals surface area contributed by atoms with Crippen LogP contribution in [0.25, 0.3) is 0 Å². The van der Waals surface area contributed by atoms with Gasteiger partial charge in [-0.25, -0.2) is 14.2 Å². The predicted octanol–water partition coefficient (Wildman–Crippen LogP) is 6.23. The number of carbonyl (C=O) groups is 2. The van der Waals surface area contributed by atoms with Crippen LogP contribution in [0.5, 0.6) is 5.75 Å². The van der Waals surface area contributed by atoms with Crippen LogP contribution in [0.4, 0.5) is 45.6 Å². The minimum absolute atomic E-state index is 0.0101. The molecule has 1 atom stereocenters. The molecule has 2 aliphatic rings. The van der Waals surface area contributed by atoms with Gasteiger partial charge in [-0.05, 0) is 54.8 Å². The number of rotatable bonds is 7. The Morgan fingerprint density at radius 1 is 0.958 bits per heavy atom. The van der Waals surface area contributed by atoms with Crippen LogP contribution in [0.3, 0.4) is 0 Å². The lowest BCUT2D eigenvalue weighted by molar-refractivity contribution is -0.141. The van der Waals surface area contributed by atoms with Gasteiger partial charge in [0.25, 0.3) is 11.9 Å². The first-order chi connectivity index (χ1) is 23.1. The fourth-order valence-electron chi connectivity index (χ4n) is 5.84. The molecule has 6 rings (SSSR count). The third-order valence-electron chi connectivity index (χ3n) is 8.36. The second-order valence-corrected chi connectivity index (χ2v) is 11.5. The molecule has 15 heteroatoms. The summed E-state index contributed by atoms with van der Waals surface area (Å²) in [6.07, 6.45) is -2.07. The highest BCUT2D eigenvalue weighted by Gasteiger charge is 2.42. The Hall–Kier alpha value is -5.34. The van der Waals surface area contributed by atoms with E-state index in [4.69, 9.17) is 9.15 Å². The van der Waals surface area contributed by atoms with E-state index in [1.165, 1.54) is 30.5 Å². The topological polar surface area (TPSA) is 116 Å². The van der Waals surface area contributed by atoms with E-state index in [-0.39, 0.29) is 23.3 Å². The first-order valence-electron chi connectivity index (χ1n) is 15.4. The highest BCUT2D eigenvalue weighted by molar-refractivity contribution is 6.03. The minimum Gasteiger partial charge on any atom is -0.497 e. The number of oxazole rings is 1. The number of aromatic nitrogens is 2. The van der Waals surface area contributed by atoms with Crippen molar-refractivity contribution in [1.29, 1.82) is 0 Å². The molecule has 1 unspecified atom stereocenters. The van der Waals surface area contributed by atoms with Gasteiger partial charge in [-0.15, -0.1) is 0 Å². The van der Waals surface area contributed by atoms with Crippen LogP contribution in [0.2, 0.25) is 0 Å². The summed E-state index contributed by atoms with van der Waals surface area (Å²) in [4.78, 5) is 38.9. The van der Waals surface area contributed by atoms with Gasteiger partial charge in [-0.1, -0.05) is 24.3 Å². The van der Waals surface area contributed by atoms with Crippen molar-refractivity contribution in [2.24, 2.45) is 0 Å². The Morgan fingerprint density at radius 2 is 1.75 bits per heavy atom. The van der Waals surface area contributed by atoms with E-state index in [2.05, 4.69) is 20.6 Å². The van der Waals surface area contributed by atoms with Gasteiger partial charge in [0.15, 0.2) is 5.69 Å². The average molecular weight is 668 g/mol. The van der Waals surface area contributed by atoms with Gasteiger partial charge in [0.05, 0.1) is 24.7 Å². The number of halogens is 4. The average Bonchev–Trinajstić information content (AvgIpc) is 3.57. The molecule has 3 amide bonds. The van der Waals surface area contributed by atoms with Gasteiger partial charge in [0, 0.05) is 45.2 Å². The lowest BCUT2D eigenvalue weighted by atomic mass is 9.91. The molecule has 0 spiro atoms. The molecule has 2 aromatic heterocycles. The Morgan fingerprint density at radius 3 is 2.46 bits per heavy atom. The first kappa shape index (κ1) is 32.6. The Balaban J connectivity index is 1.08. The molecule has 0 saturated carbocycles. The molecule has 4 aromatic rings. The zero-order valence-electron chi connectivity index (χ0n) is 26.0. The van der Waals surface area contributed by atoms with Crippen LogP contribution < -0.4 is 25.2 Å². The van der Waals surface area contributed by atoms with Crippen molar-refractivity contribution >= 4 is 35.1 Å².